The van der Waals surface area contributed by atoms with Gasteiger partial charge in [-0.2, -0.15) is 0 Å². The normalized spacial score (nSPS) is 10.9. The number of aromatic carboxylic acids is 1. The quantitative estimate of drug-likeness (QED) is 0.635. The van der Waals surface area contributed by atoms with Crippen molar-refractivity contribution in [3.05, 3.63) is 52.3 Å². The predicted molar refractivity (Wildman–Crippen MR) is 66.8 cm³/mol. The molecule has 0 fully saturated rings. The van der Waals surface area contributed by atoms with Crippen LogP contribution in [0.2, 0.25) is 0 Å². The Labute approximate surface area is 101 Å². The van der Waals surface area contributed by atoms with Crippen LogP contribution in [0.1, 0.15) is 10.4 Å². The van der Waals surface area contributed by atoms with Crippen LogP contribution < -0.4 is 5.43 Å². The lowest BCUT2D eigenvalue weighted by molar-refractivity contribution is 0.0699. The van der Waals surface area contributed by atoms with E-state index in [-0.39, 0.29) is 11.0 Å². The van der Waals surface area contributed by atoms with Gasteiger partial charge in [-0.05, 0) is 24.3 Å². The SMILES string of the molecule is O=C(O)c1cccc2c(=O)c3cccnc3[nH]c12. The number of H-pyrrole nitrogens is 1. The third-order valence-electron chi connectivity index (χ3n) is 2.84. The van der Waals surface area contributed by atoms with E-state index in [4.69, 9.17) is 5.11 Å². The molecule has 3 aromatic rings. The molecule has 0 unspecified atom stereocenters. The zero-order valence-electron chi connectivity index (χ0n) is 9.18. The van der Waals surface area contributed by atoms with Crippen molar-refractivity contribution < 1.29 is 9.90 Å². The van der Waals surface area contributed by atoms with Crippen molar-refractivity contribution in [2.75, 3.05) is 0 Å². The van der Waals surface area contributed by atoms with Crippen LogP contribution >= 0.6 is 0 Å². The molecule has 0 radical (unpaired) electrons. The average molecular weight is 240 g/mol. The van der Waals surface area contributed by atoms with Gasteiger partial charge in [-0.15, -0.1) is 0 Å². The van der Waals surface area contributed by atoms with E-state index in [9.17, 15) is 9.59 Å². The van der Waals surface area contributed by atoms with E-state index in [0.717, 1.165) is 0 Å². The van der Waals surface area contributed by atoms with E-state index in [1.165, 1.54) is 6.07 Å². The van der Waals surface area contributed by atoms with E-state index < -0.39 is 5.97 Å². The molecule has 0 aliphatic rings. The number of carboxylic acid groups (broad SMARTS) is 1. The van der Waals surface area contributed by atoms with Crippen LogP contribution in [0.5, 0.6) is 0 Å². The molecule has 2 N–H and O–H groups in total. The van der Waals surface area contributed by atoms with Gasteiger partial charge in [0.05, 0.1) is 16.5 Å². The molecule has 0 amide bonds. The molecule has 0 bridgehead atoms. The van der Waals surface area contributed by atoms with Gasteiger partial charge in [0.25, 0.3) is 0 Å². The third kappa shape index (κ3) is 1.37. The largest absolute Gasteiger partial charge is 0.478 e. The molecule has 5 heteroatoms. The first-order valence-corrected chi connectivity index (χ1v) is 5.31. The lowest BCUT2D eigenvalue weighted by Crippen LogP contribution is -2.08. The van der Waals surface area contributed by atoms with E-state index in [1.807, 2.05) is 0 Å². The van der Waals surface area contributed by atoms with Gasteiger partial charge in [0, 0.05) is 11.6 Å². The minimum absolute atomic E-state index is 0.0668. The molecule has 0 saturated heterocycles. The van der Waals surface area contributed by atoms with Gasteiger partial charge in [-0.1, -0.05) is 6.07 Å². The second kappa shape index (κ2) is 3.66. The number of fused-ring (bicyclic) bond motifs is 2. The van der Waals surface area contributed by atoms with Gasteiger partial charge in [0.1, 0.15) is 5.65 Å². The Hall–Kier alpha value is -2.69. The van der Waals surface area contributed by atoms with Crippen molar-refractivity contribution >= 4 is 27.9 Å². The number of rotatable bonds is 1. The van der Waals surface area contributed by atoms with Crippen LogP contribution in [0.3, 0.4) is 0 Å². The summed E-state index contributed by atoms with van der Waals surface area (Å²) < 4.78 is 0. The highest BCUT2D eigenvalue weighted by Gasteiger charge is 2.12. The number of carboxylic acids is 1. The summed E-state index contributed by atoms with van der Waals surface area (Å²) in [6, 6.07) is 7.95. The fourth-order valence-electron chi connectivity index (χ4n) is 2.01. The summed E-state index contributed by atoms with van der Waals surface area (Å²) in [5, 5.41) is 9.91. The summed E-state index contributed by atoms with van der Waals surface area (Å²) in [5.41, 5.74) is 0.553. The van der Waals surface area contributed by atoms with Crippen LogP contribution in [0, 0.1) is 0 Å². The monoisotopic (exact) mass is 240 g/mol. The van der Waals surface area contributed by atoms with Crippen LogP contribution in [-0.2, 0) is 0 Å². The summed E-state index contributed by atoms with van der Waals surface area (Å²) in [4.78, 5) is 30.3. The van der Waals surface area contributed by atoms with E-state index in [1.54, 1.807) is 30.5 Å². The summed E-state index contributed by atoms with van der Waals surface area (Å²) >= 11 is 0. The summed E-state index contributed by atoms with van der Waals surface area (Å²) in [7, 11) is 0. The summed E-state index contributed by atoms with van der Waals surface area (Å²) in [6.45, 7) is 0. The van der Waals surface area contributed by atoms with Crippen LogP contribution in [0.25, 0.3) is 21.9 Å². The Kier molecular flexibility index (Phi) is 2.13. The number of carbonyl (C=O) groups is 1. The molecule has 0 aliphatic carbocycles. The molecular weight excluding hydrogens is 232 g/mol. The highest BCUT2D eigenvalue weighted by atomic mass is 16.4. The van der Waals surface area contributed by atoms with Gasteiger partial charge in [0.2, 0.25) is 0 Å². The molecule has 0 spiro atoms. The standard InChI is InChI=1S/C13H8N2O3/c16-11-7-3-1-4-8(13(17)18)10(7)15-12-9(11)5-2-6-14-12/h1-6H,(H,17,18)(H,14,15,16). The Morgan fingerprint density at radius 3 is 2.72 bits per heavy atom. The lowest BCUT2D eigenvalue weighted by Gasteiger charge is -2.04. The zero-order valence-corrected chi connectivity index (χ0v) is 9.18. The second-order valence-corrected chi connectivity index (χ2v) is 3.89. The first-order valence-electron chi connectivity index (χ1n) is 5.31. The van der Waals surface area contributed by atoms with Gasteiger partial charge in [-0.3, -0.25) is 4.79 Å². The molecule has 18 heavy (non-hydrogen) atoms. The van der Waals surface area contributed by atoms with Gasteiger partial charge < -0.3 is 10.1 Å². The molecule has 1 aromatic carbocycles. The summed E-state index contributed by atoms with van der Waals surface area (Å²) in [6.07, 6.45) is 1.55. The number of aromatic nitrogens is 2. The number of para-hydroxylation sites is 1. The fraction of sp³-hybridized carbons (Fsp3) is 0. The molecule has 5 nitrogen and oxygen atoms in total. The number of nitrogens with zero attached hydrogens (tertiary/aromatic N) is 1. The van der Waals surface area contributed by atoms with Gasteiger partial charge in [0.15, 0.2) is 5.43 Å². The number of pyridine rings is 2. The second-order valence-electron chi connectivity index (χ2n) is 3.89. The zero-order chi connectivity index (χ0) is 12.7. The fourth-order valence-corrected chi connectivity index (χ4v) is 2.01. The topological polar surface area (TPSA) is 83.0 Å². The Balaban J connectivity index is 2.60. The highest BCUT2D eigenvalue weighted by Crippen LogP contribution is 2.16. The molecular formula is C13H8N2O3. The predicted octanol–water partition coefficient (Wildman–Crippen LogP) is 1.77. The molecule has 0 atom stereocenters. The maximum Gasteiger partial charge on any atom is 0.337 e. The van der Waals surface area contributed by atoms with E-state index >= 15 is 0 Å². The van der Waals surface area contributed by atoms with Crippen molar-refractivity contribution in [3.8, 4) is 0 Å². The molecule has 2 aromatic heterocycles. The minimum Gasteiger partial charge on any atom is -0.478 e. The van der Waals surface area contributed by atoms with Crippen molar-refractivity contribution in [1.29, 1.82) is 0 Å². The van der Waals surface area contributed by atoms with Crippen molar-refractivity contribution in [2.24, 2.45) is 0 Å². The minimum atomic E-state index is -1.08. The van der Waals surface area contributed by atoms with Crippen molar-refractivity contribution in [2.45, 2.75) is 0 Å². The number of benzene rings is 1. The van der Waals surface area contributed by atoms with Crippen LogP contribution in [-0.4, -0.2) is 21.0 Å². The molecule has 0 aliphatic heterocycles. The van der Waals surface area contributed by atoms with Crippen molar-refractivity contribution in [3.63, 3.8) is 0 Å². The maximum absolute atomic E-state index is 12.2. The Morgan fingerprint density at radius 2 is 1.94 bits per heavy atom. The molecule has 88 valence electrons. The number of aromatic amines is 1. The molecule has 3 rings (SSSR count). The van der Waals surface area contributed by atoms with Crippen molar-refractivity contribution in [1.82, 2.24) is 9.97 Å². The third-order valence-corrected chi connectivity index (χ3v) is 2.84. The lowest BCUT2D eigenvalue weighted by atomic mass is 10.1. The van der Waals surface area contributed by atoms with Crippen LogP contribution in [0.15, 0.2) is 41.3 Å². The Morgan fingerprint density at radius 1 is 1.17 bits per heavy atom. The van der Waals surface area contributed by atoms with Crippen LogP contribution in [0.4, 0.5) is 0 Å². The number of hydrogen-bond acceptors (Lipinski definition) is 3. The van der Waals surface area contributed by atoms with Gasteiger partial charge >= 0.3 is 5.97 Å². The smallest absolute Gasteiger partial charge is 0.337 e. The highest BCUT2D eigenvalue weighted by molar-refractivity contribution is 6.04. The first kappa shape index (κ1) is 10.5. The van der Waals surface area contributed by atoms with E-state index in [2.05, 4.69) is 9.97 Å². The summed E-state index contributed by atoms with van der Waals surface area (Å²) in [5.74, 6) is -1.08. The van der Waals surface area contributed by atoms with E-state index in [0.29, 0.717) is 21.9 Å². The first-order chi connectivity index (χ1) is 8.68. The average Bonchev–Trinajstić information content (AvgIpc) is 2.38. The Bertz CT molecular complexity index is 836. The number of nitrogens with one attached hydrogen (secondary N) is 1. The maximum atomic E-state index is 12.2. The molecule has 2 heterocycles. The number of hydrogen-bond donors (Lipinski definition) is 2. The van der Waals surface area contributed by atoms with Gasteiger partial charge in [-0.25, -0.2) is 9.78 Å². The molecule has 0 saturated carbocycles.